The minimum absolute atomic E-state index is 0.319. The highest BCUT2D eigenvalue weighted by molar-refractivity contribution is 7.92. The van der Waals surface area contributed by atoms with Gasteiger partial charge in [-0.15, -0.1) is 0 Å². The van der Waals surface area contributed by atoms with Crippen molar-refractivity contribution in [1.29, 1.82) is 0 Å². The quantitative estimate of drug-likeness (QED) is 0.932. The van der Waals surface area contributed by atoms with Gasteiger partial charge in [-0.2, -0.15) is 0 Å². The highest BCUT2D eigenvalue weighted by Crippen LogP contribution is 2.10. The van der Waals surface area contributed by atoms with E-state index in [1.165, 1.54) is 0 Å². The monoisotopic (exact) mass is 274 g/mol. The molecule has 0 aliphatic carbocycles. The molecule has 0 atom stereocenters. The fraction of sp³-hybridized carbons (Fsp3) is 0.0714. The van der Waals surface area contributed by atoms with Crippen molar-refractivity contribution in [3.8, 4) is 0 Å². The standard InChI is InChI=1S/C14H14N2O2S/c1-19(17,18)16-14-10-9-13(11-15-14)8-7-12-5-3-2-4-6-12/h2-11H,1H3,(H,15,16). The Bertz CT molecular complexity index is 662. The van der Waals surface area contributed by atoms with Crippen LogP contribution in [-0.4, -0.2) is 19.7 Å². The largest absolute Gasteiger partial charge is 0.268 e. The van der Waals surface area contributed by atoms with Crippen molar-refractivity contribution < 1.29 is 8.42 Å². The van der Waals surface area contributed by atoms with Gasteiger partial charge in [0.25, 0.3) is 0 Å². The second-order valence-electron chi connectivity index (χ2n) is 4.10. The Labute approximate surface area is 112 Å². The fourth-order valence-corrected chi connectivity index (χ4v) is 2.01. The Morgan fingerprint density at radius 2 is 1.68 bits per heavy atom. The Hall–Kier alpha value is -2.14. The van der Waals surface area contributed by atoms with Crippen molar-refractivity contribution in [2.45, 2.75) is 0 Å². The van der Waals surface area contributed by atoms with E-state index in [4.69, 9.17) is 0 Å². The summed E-state index contributed by atoms with van der Waals surface area (Å²) in [4.78, 5) is 4.03. The molecule has 0 amide bonds. The number of nitrogens with one attached hydrogen (secondary N) is 1. The summed E-state index contributed by atoms with van der Waals surface area (Å²) in [5.41, 5.74) is 2.00. The van der Waals surface area contributed by atoms with Crippen LogP contribution in [0.4, 0.5) is 5.82 Å². The van der Waals surface area contributed by atoms with Crippen molar-refractivity contribution in [1.82, 2.24) is 4.98 Å². The average Bonchev–Trinajstić information content (AvgIpc) is 2.37. The molecule has 1 N–H and O–H groups in total. The number of aromatic nitrogens is 1. The van der Waals surface area contributed by atoms with Crippen LogP contribution in [0.2, 0.25) is 0 Å². The summed E-state index contributed by atoms with van der Waals surface area (Å²) >= 11 is 0. The van der Waals surface area contributed by atoms with Crippen LogP contribution in [0, 0.1) is 0 Å². The molecule has 2 rings (SSSR count). The molecule has 1 aromatic heterocycles. The number of rotatable bonds is 4. The molecule has 0 aliphatic rings. The molecule has 0 saturated carbocycles. The third-order valence-corrected chi connectivity index (χ3v) is 2.92. The molecular formula is C14H14N2O2S. The summed E-state index contributed by atoms with van der Waals surface area (Å²) in [6.07, 6.45) is 6.61. The number of pyridine rings is 1. The molecule has 0 radical (unpaired) electrons. The molecule has 0 spiro atoms. The molecule has 0 bridgehead atoms. The van der Waals surface area contributed by atoms with Crippen molar-refractivity contribution >= 4 is 28.0 Å². The third-order valence-electron chi connectivity index (χ3n) is 2.34. The van der Waals surface area contributed by atoms with E-state index in [9.17, 15) is 8.42 Å². The van der Waals surface area contributed by atoms with Gasteiger partial charge in [0.15, 0.2) is 0 Å². The first kappa shape index (κ1) is 13.3. The van der Waals surface area contributed by atoms with Gasteiger partial charge in [-0.3, -0.25) is 4.72 Å². The van der Waals surface area contributed by atoms with E-state index < -0.39 is 10.0 Å². The van der Waals surface area contributed by atoms with Crippen molar-refractivity contribution in [2.75, 3.05) is 11.0 Å². The number of anilines is 1. The van der Waals surface area contributed by atoms with Gasteiger partial charge in [0, 0.05) is 6.20 Å². The van der Waals surface area contributed by atoms with Crippen molar-refractivity contribution in [3.05, 3.63) is 59.8 Å². The summed E-state index contributed by atoms with van der Waals surface area (Å²) in [5.74, 6) is 0.319. The van der Waals surface area contributed by atoms with Gasteiger partial charge in [0.1, 0.15) is 5.82 Å². The Kier molecular flexibility index (Phi) is 3.97. The van der Waals surface area contributed by atoms with Gasteiger partial charge < -0.3 is 0 Å². The van der Waals surface area contributed by atoms with Gasteiger partial charge >= 0.3 is 0 Å². The second kappa shape index (κ2) is 5.67. The maximum atomic E-state index is 11.0. The third kappa shape index (κ3) is 4.56. The second-order valence-corrected chi connectivity index (χ2v) is 5.84. The number of sulfonamides is 1. The zero-order chi connectivity index (χ0) is 13.7. The van der Waals surface area contributed by atoms with Gasteiger partial charge in [-0.05, 0) is 23.3 Å². The van der Waals surface area contributed by atoms with E-state index in [2.05, 4.69) is 9.71 Å². The summed E-state index contributed by atoms with van der Waals surface area (Å²) in [6, 6.07) is 13.3. The lowest BCUT2D eigenvalue weighted by Crippen LogP contribution is -2.10. The molecule has 2 aromatic rings. The highest BCUT2D eigenvalue weighted by Gasteiger charge is 2.01. The lowest BCUT2D eigenvalue weighted by atomic mass is 10.2. The molecule has 19 heavy (non-hydrogen) atoms. The molecule has 0 saturated heterocycles. The number of benzene rings is 1. The van der Waals surface area contributed by atoms with Crippen molar-refractivity contribution in [3.63, 3.8) is 0 Å². The molecule has 1 aromatic carbocycles. The first-order valence-corrected chi connectivity index (χ1v) is 7.59. The van der Waals surface area contributed by atoms with Gasteiger partial charge in [-0.25, -0.2) is 13.4 Å². The van der Waals surface area contributed by atoms with E-state index >= 15 is 0 Å². The molecule has 0 unspecified atom stereocenters. The average molecular weight is 274 g/mol. The Balaban J connectivity index is 2.09. The maximum Gasteiger partial charge on any atom is 0.230 e. The smallest absolute Gasteiger partial charge is 0.230 e. The van der Waals surface area contributed by atoms with Gasteiger partial charge in [0.2, 0.25) is 10.0 Å². The molecule has 98 valence electrons. The van der Waals surface area contributed by atoms with E-state index in [0.29, 0.717) is 5.82 Å². The number of hydrogen-bond acceptors (Lipinski definition) is 3. The minimum atomic E-state index is -3.28. The van der Waals surface area contributed by atoms with E-state index in [1.54, 1.807) is 18.3 Å². The Morgan fingerprint density at radius 3 is 2.26 bits per heavy atom. The fourth-order valence-electron chi connectivity index (χ4n) is 1.51. The van der Waals surface area contributed by atoms with Gasteiger partial charge in [0.05, 0.1) is 6.26 Å². The first-order chi connectivity index (χ1) is 9.03. The predicted octanol–water partition coefficient (Wildman–Crippen LogP) is 2.62. The van der Waals surface area contributed by atoms with Crippen LogP contribution in [0.25, 0.3) is 12.2 Å². The zero-order valence-electron chi connectivity index (χ0n) is 10.4. The normalized spacial score (nSPS) is 11.6. The molecule has 5 heteroatoms. The van der Waals surface area contributed by atoms with Crippen molar-refractivity contribution in [2.24, 2.45) is 0 Å². The van der Waals surface area contributed by atoms with Crippen LogP contribution in [0.5, 0.6) is 0 Å². The molecule has 0 aliphatic heterocycles. The highest BCUT2D eigenvalue weighted by atomic mass is 32.2. The summed E-state index contributed by atoms with van der Waals surface area (Å²) in [7, 11) is -3.28. The molecule has 0 fully saturated rings. The summed E-state index contributed by atoms with van der Waals surface area (Å²) in [6.45, 7) is 0. The van der Waals surface area contributed by atoms with Crippen LogP contribution in [0.1, 0.15) is 11.1 Å². The molecule has 4 nitrogen and oxygen atoms in total. The summed E-state index contributed by atoms with van der Waals surface area (Å²) < 4.78 is 24.4. The lowest BCUT2D eigenvalue weighted by molar-refractivity contribution is 0.606. The molecular weight excluding hydrogens is 260 g/mol. The topological polar surface area (TPSA) is 59.1 Å². The predicted molar refractivity (Wildman–Crippen MR) is 78.1 cm³/mol. The van der Waals surface area contributed by atoms with Crippen LogP contribution < -0.4 is 4.72 Å². The van der Waals surface area contributed by atoms with E-state index in [-0.39, 0.29) is 0 Å². The first-order valence-electron chi connectivity index (χ1n) is 5.70. The van der Waals surface area contributed by atoms with Crippen LogP contribution in [0.15, 0.2) is 48.7 Å². The number of nitrogens with zero attached hydrogens (tertiary/aromatic N) is 1. The van der Waals surface area contributed by atoms with Crippen LogP contribution >= 0.6 is 0 Å². The summed E-state index contributed by atoms with van der Waals surface area (Å²) in [5, 5.41) is 0. The van der Waals surface area contributed by atoms with Crippen LogP contribution in [-0.2, 0) is 10.0 Å². The van der Waals surface area contributed by atoms with E-state index in [1.807, 2.05) is 42.5 Å². The minimum Gasteiger partial charge on any atom is -0.268 e. The number of hydrogen-bond donors (Lipinski definition) is 1. The lowest BCUT2D eigenvalue weighted by Gasteiger charge is -2.02. The SMILES string of the molecule is CS(=O)(=O)Nc1ccc(C=Cc2ccccc2)cn1. The van der Waals surface area contributed by atoms with Gasteiger partial charge in [-0.1, -0.05) is 42.5 Å². The molecule has 1 heterocycles. The zero-order valence-corrected chi connectivity index (χ0v) is 11.3. The maximum absolute atomic E-state index is 11.0. The van der Waals surface area contributed by atoms with E-state index in [0.717, 1.165) is 17.4 Å². The van der Waals surface area contributed by atoms with Crippen LogP contribution in [0.3, 0.4) is 0 Å². The Morgan fingerprint density at radius 1 is 1.00 bits per heavy atom.